The molecule has 0 bridgehead atoms. The van der Waals surface area contributed by atoms with Crippen LogP contribution in [0.5, 0.6) is 5.75 Å². The second kappa shape index (κ2) is 9.54. The van der Waals surface area contributed by atoms with Gasteiger partial charge < -0.3 is 24.5 Å². The number of fused-ring (bicyclic) bond motifs is 2. The summed E-state index contributed by atoms with van der Waals surface area (Å²) in [6, 6.07) is 7.84. The number of likely N-dealkylation sites (tertiary alicyclic amines) is 1. The zero-order chi connectivity index (χ0) is 25.4. The summed E-state index contributed by atoms with van der Waals surface area (Å²) in [5.74, 6) is 2.67. The van der Waals surface area contributed by atoms with Crippen LogP contribution in [0.3, 0.4) is 0 Å². The summed E-state index contributed by atoms with van der Waals surface area (Å²) in [4.78, 5) is 22.7. The maximum atomic E-state index is 14.2. The molecule has 3 aromatic heterocycles. The van der Waals surface area contributed by atoms with Gasteiger partial charge in [0.15, 0.2) is 5.82 Å². The summed E-state index contributed by atoms with van der Waals surface area (Å²) < 4.78 is 24.4. The highest BCUT2D eigenvalue weighted by atomic mass is 35.5. The number of amides is 1. The van der Waals surface area contributed by atoms with Crippen LogP contribution in [0.1, 0.15) is 53.3 Å². The SMILES string of the molecule is COc1cc(C(=O)N2C[C@H](N)C[C@@H](F)C2)cc2nc(-c3cc4cc(C5CC5)sc4n3CC3CC3)n(C)c12.Cl. The van der Waals surface area contributed by atoms with E-state index < -0.39 is 6.17 Å². The van der Waals surface area contributed by atoms with E-state index in [-0.39, 0.29) is 37.3 Å². The number of hydrogen-bond acceptors (Lipinski definition) is 5. The Morgan fingerprint density at radius 2 is 1.97 bits per heavy atom. The van der Waals surface area contributed by atoms with Crippen LogP contribution >= 0.6 is 23.7 Å². The molecule has 7 rings (SSSR count). The van der Waals surface area contributed by atoms with Crippen LogP contribution in [0.15, 0.2) is 24.3 Å². The van der Waals surface area contributed by atoms with Crippen molar-refractivity contribution in [1.82, 2.24) is 19.0 Å². The molecule has 1 aliphatic heterocycles. The predicted molar refractivity (Wildman–Crippen MR) is 151 cm³/mol. The number of halogens is 2. The van der Waals surface area contributed by atoms with Crippen molar-refractivity contribution >= 4 is 50.9 Å². The molecule has 3 fully saturated rings. The molecule has 1 aromatic carbocycles. The van der Waals surface area contributed by atoms with Crippen molar-refractivity contribution in [3.05, 3.63) is 34.7 Å². The first kappa shape index (κ1) is 25.6. The second-order valence-corrected chi connectivity index (χ2v) is 12.2. The first-order valence-electron chi connectivity index (χ1n) is 13.3. The highest BCUT2D eigenvalue weighted by Gasteiger charge is 2.31. The van der Waals surface area contributed by atoms with E-state index >= 15 is 0 Å². The number of aryl methyl sites for hydroxylation is 1. The molecule has 2 aliphatic carbocycles. The third-order valence-corrected chi connectivity index (χ3v) is 9.39. The number of methoxy groups -OCH3 is 1. The van der Waals surface area contributed by atoms with Gasteiger partial charge in [0.1, 0.15) is 22.3 Å². The Kier molecular flexibility index (Phi) is 6.44. The quantitative estimate of drug-likeness (QED) is 0.340. The lowest BCUT2D eigenvalue weighted by Gasteiger charge is -2.33. The van der Waals surface area contributed by atoms with Gasteiger partial charge in [0, 0.05) is 42.0 Å². The van der Waals surface area contributed by atoms with E-state index in [0.29, 0.717) is 23.4 Å². The van der Waals surface area contributed by atoms with Crippen LogP contribution in [0.25, 0.3) is 32.8 Å². The lowest BCUT2D eigenvalue weighted by molar-refractivity contribution is 0.0606. The number of benzene rings is 1. The van der Waals surface area contributed by atoms with Crippen LogP contribution in [0.4, 0.5) is 4.39 Å². The fraction of sp³-hybridized carbons (Fsp3) is 0.500. The van der Waals surface area contributed by atoms with Gasteiger partial charge in [0.2, 0.25) is 0 Å². The molecular formula is C28H33ClFN5O2S. The Labute approximate surface area is 231 Å². The Hall–Kier alpha value is -2.62. The lowest BCUT2D eigenvalue weighted by atomic mass is 10.0. The van der Waals surface area contributed by atoms with Crippen molar-refractivity contribution in [3.8, 4) is 17.3 Å². The van der Waals surface area contributed by atoms with Crippen molar-refractivity contribution < 1.29 is 13.9 Å². The fourth-order valence-electron chi connectivity index (χ4n) is 5.80. The average molecular weight is 558 g/mol. The molecule has 0 unspecified atom stereocenters. The van der Waals surface area contributed by atoms with Crippen LogP contribution in [0.2, 0.25) is 0 Å². The molecule has 1 amide bonds. The first-order chi connectivity index (χ1) is 17.9. The zero-order valence-electron chi connectivity index (χ0n) is 21.7. The number of nitrogens with zero attached hydrogens (tertiary/aromatic N) is 4. The van der Waals surface area contributed by atoms with Crippen LogP contribution in [-0.4, -0.2) is 57.3 Å². The zero-order valence-corrected chi connectivity index (χ0v) is 23.3. The van der Waals surface area contributed by atoms with E-state index in [0.717, 1.165) is 35.4 Å². The molecule has 0 spiro atoms. The number of carbonyl (C=O) groups is 1. The smallest absolute Gasteiger partial charge is 0.254 e. The van der Waals surface area contributed by atoms with Crippen molar-refractivity contribution in [2.75, 3.05) is 20.2 Å². The van der Waals surface area contributed by atoms with Crippen LogP contribution < -0.4 is 10.5 Å². The van der Waals surface area contributed by atoms with Crippen molar-refractivity contribution in [2.24, 2.45) is 18.7 Å². The summed E-state index contributed by atoms with van der Waals surface area (Å²) in [7, 11) is 3.61. The summed E-state index contributed by atoms with van der Waals surface area (Å²) in [5.41, 5.74) is 9.08. The standard InChI is InChI=1S/C28H32FN5O2S.ClH/c1-32-25-21(7-17(9-23(25)36-2)27(35)33-13-19(29)11-20(30)14-33)31-26(32)22-8-18-10-24(16-5-6-16)37-28(18)34(22)12-15-3-4-15;/h7-10,15-16,19-20H,3-6,11-14,30H2,1-2H3;1H/t19-,20-;/m1./s1. The minimum absolute atomic E-state index is 0. The van der Waals surface area contributed by atoms with Gasteiger partial charge in [-0.2, -0.15) is 0 Å². The number of ether oxygens (including phenoxy) is 1. The van der Waals surface area contributed by atoms with Crippen molar-refractivity contribution in [2.45, 2.75) is 56.8 Å². The summed E-state index contributed by atoms with van der Waals surface area (Å²) in [6.07, 6.45) is 4.35. The Morgan fingerprint density at radius 1 is 1.18 bits per heavy atom. The molecule has 7 nitrogen and oxygen atoms in total. The number of rotatable bonds is 6. The Bertz CT molecular complexity index is 1530. The van der Waals surface area contributed by atoms with Gasteiger partial charge in [-0.05, 0) is 68.2 Å². The molecule has 0 radical (unpaired) electrons. The molecule has 38 heavy (non-hydrogen) atoms. The van der Waals surface area contributed by atoms with Crippen LogP contribution in [-0.2, 0) is 13.6 Å². The normalized spacial score (nSPS) is 21.7. The van der Waals surface area contributed by atoms with Gasteiger partial charge in [-0.1, -0.05) is 0 Å². The first-order valence-corrected chi connectivity index (χ1v) is 14.1. The second-order valence-electron chi connectivity index (χ2n) is 11.1. The number of alkyl halides is 1. The largest absolute Gasteiger partial charge is 0.494 e. The van der Waals surface area contributed by atoms with E-state index in [4.69, 9.17) is 15.5 Å². The molecule has 2 saturated carbocycles. The van der Waals surface area contributed by atoms with E-state index in [1.165, 1.54) is 45.7 Å². The number of thiophene rings is 1. The molecule has 2 N–H and O–H groups in total. The lowest BCUT2D eigenvalue weighted by Crippen LogP contribution is -2.50. The maximum absolute atomic E-state index is 14.2. The molecule has 4 aromatic rings. The topological polar surface area (TPSA) is 78.3 Å². The van der Waals surface area contributed by atoms with E-state index in [1.807, 2.05) is 18.4 Å². The summed E-state index contributed by atoms with van der Waals surface area (Å²) in [5, 5.41) is 1.29. The van der Waals surface area contributed by atoms with Crippen molar-refractivity contribution in [1.29, 1.82) is 0 Å². The number of hydrogen-bond donors (Lipinski definition) is 1. The highest BCUT2D eigenvalue weighted by Crippen LogP contribution is 2.47. The third kappa shape index (κ3) is 4.38. The Morgan fingerprint density at radius 3 is 2.66 bits per heavy atom. The van der Waals surface area contributed by atoms with Crippen LogP contribution in [0, 0.1) is 5.92 Å². The molecule has 10 heteroatoms. The van der Waals surface area contributed by atoms with Gasteiger partial charge >= 0.3 is 0 Å². The number of aromatic nitrogens is 3. The molecule has 3 aliphatic rings. The molecular weight excluding hydrogens is 525 g/mol. The highest BCUT2D eigenvalue weighted by molar-refractivity contribution is 7.18. The van der Waals surface area contributed by atoms with E-state index in [2.05, 4.69) is 21.3 Å². The minimum atomic E-state index is -1.10. The van der Waals surface area contributed by atoms with Crippen molar-refractivity contribution in [3.63, 3.8) is 0 Å². The summed E-state index contributed by atoms with van der Waals surface area (Å²) in [6.45, 7) is 1.42. The van der Waals surface area contributed by atoms with Gasteiger partial charge in [0.25, 0.3) is 5.91 Å². The number of piperidine rings is 1. The number of nitrogens with two attached hydrogens (primary N) is 1. The molecule has 202 valence electrons. The minimum Gasteiger partial charge on any atom is -0.494 e. The maximum Gasteiger partial charge on any atom is 0.254 e. The van der Waals surface area contributed by atoms with E-state index in [9.17, 15) is 9.18 Å². The predicted octanol–water partition coefficient (Wildman–Crippen LogP) is 5.49. The average Bonchev–Trinajstić information content (AvgIpc) is 3.79. The van der Waals surface area contributed by atoms with Gasteiger partial charge in [-0.25, -0.2) is 9.37 Å². The summed E-state index contributed by atoms with van der Waals surface area (Å²) >= 11 is 1.93. The number of imidazole rings is 1. The molecule has 2 atom stereocenters. The third-order valence-electron chi connectivity index (χ3n) is 8.05. The van der Waals surface area contributed by atoms with E-state index in [1.54, 1.807) is 19.2 Å². The molecule has 4 heterocycles. The molecule has 1 saturated heterocycles. The van der Waals surface area contributed by atoms with Gasteiger partial charge in [-0.15, -0.1) is 23.7 Å². The monoisotopic (exact) mass is 557 g/mol. The Balaban J connectivity index is 0.00000264. The number of carbonyl (C=O) groups excluding carboxylic acids is 1. The van der Waals surface area contributed by atoms with Gasteiger partial charge in [0.05, 0.1) is 24.9 Å². The fourth-order valence-corrected chi connectivity index (χ4v) is 7.13. The van der Waals surface area contributed by atoms with Gasteiger partial charge in [-0.3, -0.25) is 4.79 Å².